The van der Waals surface area contributed by atoms with Crippen LogP contribution in [0.2, 0.25) is 5.02 Å². The number of rotatable bonds is 5. The van der Waals surface area contributed by atoms with Gasteiger partial charge in [0.25, 0.3) is 5.91 Å². The van der Waals surface area contributed by atoms with E-state index in [4.69, 9.17) is 16.7 Å². The molecule has 3 aromatic heterocycles. The summed E-state index contributed by atoms with van der Waals surface area (Å²) in [5, 5.41) is 8.35. The Hall–Kier alpha value is -3.75. The van der Waals surface area contributed by atoms with Crippen molar-refractivity contribution in [2.45, 2.75) is 32.6 Å². The second kappa shape index (κ2) is 10.3. The Kier molecular flexibility index (Phi) is 6.52. The van der Waals surface area contributed by atoms with Gasteiger partial charge in [-0.15, -0.1) is 11.3 Å². The molecule has 7 nitrogen and oxygen atoms in total. The fraction of sp³-hybridized carbons (Fsp3) is 0.290. The smallest absolute Gasteiger partial charge is 0.276 e. The third-order valence-electron chi connectivity index (χ3n) is 8.18. The lowest BCUT2D eigenvalue weighted by atomic mass is 9.82. The maximum absolute atomic E-state index is 13.4. The van der Waals surface area contributed by atoms with Gasteiger partial charge in [0, 0.05) is 30.0 Å². The highest BCUT2D eigenvalue weighted by atomic mass is 35.5. The molecule has 1 aliphatic heterocycles. The van der Waals surface area contributed by atoms with Crippen molar-refractivity contribution in [3.05, 3.63) is 82.6 Å². The summed E-state index contributed by atoms with van der Waals surface area (Å²) in [5.74, 6) is 1.89. The Bertz CT molecular complexity index is 1710. The Morgan fingerprint density at radius 1 is 1.02 bits per heavy atom. The van der Waals surface area contributed by atoms with E-state index in [0.29, 0.717) is 22.2 Å². The summed E-state index contributed by atoms with van der Waals surface area (Å²) in [6, 6.07) is 19.4. The van der Waals surface area contributed by atoms with Crippen LogP contribution in [-0.4, -0.2) is 38.7 Å². The number of hydrogen-bond acceptors (Lipinski definition) is 6. The third-order valence-corrected chi connectivity index (χ3v) is 9.28. The second-order valence-electron chi connectivity index (χ2n) is 10.8. The molecule has 0 bridgehead atoms. The van der Waals surface area contributed by atoms with Crippen molar-refractivity contribution in [3.8, 4) is 17.1 Å². The number of carbonyl (C=O) groups is 1. The number of carbonyl (C=O) groups excluding carboxylic acids is 1. The second-order valence-corrected chi connectivity index (χ2v) is 12.1. The number of nitrogens with zero attached hydrogens (tertiary/aromatic N) is 5. The lowest BCUT2D eigenvalue weighted by Gasteiger charge is -2.22. The van der Waals surface area contributed by atoms with Gasteiger partial charge in [0.1, 0.15) is 0 Å². The number of aromatic nitrogens is 4. The molecule has 0 radical (unpaired) electrons. The maximum atomic E-state index is 13.4. The quantitative estimate of drug-likeness (QED) is 0.239. The number of halogens is 1. The van der Waals surface area contributed by atoms with Crippen molar-refractivity contribution in [2.24, 2.45) is 11.8 Å². The number of benzene rings is 2. The average molecular weight is 569 g/mol. The van der Waals surface area contributed by atoms with Crippen LogP contribution in [-0.2, 0) is 0 Å². The first-order valence-corrected chi connectivity index (χ1v) is 15.0. The Morgan fingerprint density at radius 3 is 2.62 bits per heavy atom. The fourth-order valence-electron chi connectivity index (χ4n) is 6.17. The van der Waals surface area contributed by atoms with E-state index in [1.807, 2.05) is 67.0 Å². The van der Waals surface area contributed by atoms with Crippen LogP contribution in [0.5, 0.6) is 0 Å². The van der Waals surface area contributed by atoms with Gasteiger partial charge >= 0.3 is 0 Å². The van der Waals surface area contributed by atoms with Crippen LogP contribution >= 0.6 is 22.9 Å². The van der Waals surface area contributed by atoms with Crippen LogP contribution in [0.4, 0.5) is 11.4 Å². The molecule has 1 N–H and O–H groups in total. The molecule has 2 aliphatic rings. The molecule has 2 atom stereocenters. The van der Waals surface area contributed by atoms with Gasteiger partial charge in [-0.1, -0.05) is 36.6 Å². The number of nitrogens with one attached hydrogen (secondary N) is 1. The lowest BCUT2D eigenvalue weighted by Crippen LogP contribution is -2.20. The molecule has 2 fully saturated rings. The number of amides is 1. The van der Waals surface area contributed by atoms with Gasteiger partial charge in [-0.05, 0) is 80.1 Å². The van der Waals surface area contributed by atoms with Gasteiger partial charge in [-0.2, -0.15) is 5.10 Å². The molecular weight excluding hydrogens is 540 g/mol. The lowest BCUT2D eigenvalue weighted by molar-refractivity contribution is 0.102. The fourth-order valence-corrected chi connectivity index (χ4v) is 7.19. The van der Waals surface area contributed by atoms with E-state index in [9.17, 15) is 4.79 Å². The highest BCUT2D eigenvalue weighted by Crippen LogP contribution is 2.40. The van der Waals surface area contributed by atoms with Gasteiger partial charge in [0.05, 0.1) is 32.1 Å². The standard InChI is InChI=1S/C31H29ClN6OS/c1-19-5-4-8-30(34-19)38-28(20-9-11-25-29(13-20)40-18-33-25)15-26(36-38)31(39)35-23-10-12-27(24(32)14-23)37-16-21-6-2-3-7-22(21)17-37/h4-5,8-15,18,21-22H,2-3,6-7,16-17H2,1H3,(H,35,39). The predicted octanol–water partition coefficient (Wildman–Crippen LogP) is 7.38. The van der Waals surface area contributed by atoms with Crippen molar-refractivity contribution in [1.29, 1.82) is 0 Å². The van der Waals surface area contributed by atoms with Gasteiger partial charge in [0.15, 0.2) is 11.5 Å². The molecule has 2 aromatic carbocycles. The van der Waals surface area contributed by atoms with E-state index in [-0.39, 0.29) is 5.91 Å². The molecular formula is C31H29ClN6OS. The molecule has 9 heteroatoms. The van der Waals surface area contributed by atoms with Crippen molar-refractivity contribution in [2.75, 3.05) is 23.3 Å². The number of pyridine rings is 1. The molecule has 2 unspecified atom stereocenters. The summed E-state index contributed by atoms with van der Waals surface area (Å²) in [4.78, 5) is 24.9. The van der Waals surface area contributed by atoms with Crippen molar-refractivity contribution in [3.63, 3.8) is 0 Å². The van der Waals surface area contributed by atoms with E-state index >= 15 is 0 Å². The summed E-state index contributed by atoms with van der Waals surface area (Å²) in [7, 11) is 0. The van der Waals surface area contributed by atoms with Crippen molar-refractivity contribution < 1.29 is 4.79 Å². The molecule has 40 heavy (non-hydrogen) atoms. The van der Waals surface area contributed by atoms with Crippen molar-refractivity contribution >= 4 is 50.4 Å². The number of fused-ring (bicyclic) bond motifs is 2. The monoisotopic (exact) mass is 568 g/mol. The minimum atomic E-state index is -0.303. The van der Waals surface area contributed by atoms with Crippen LogP contribution in [0.15, 0.2) is 66.2 Å². The van der Waals surface area contributed by atoms with Crippen LogP contribution in [0.1, 0.15) is 41.9 Å². The predicted molar refractivity (Wildman–Crippen MR) is 162 cm³/mol. The van der Waals surface area contributed by atoms with Gasteiger partial charge in [0.2, 0.25) is 0 Å². The van der Waals surface area contributed by atoms with Crippen molar-refractivity contribution in [1.82, 2.24) is 19.7 Å². The van der Waals surface area contributed by atoms with Crippen LogP contribution < -0.4 is 10.2 Å². The number of aryl methyl sites for hydroxylation is 1. The normalized spacial score (nSPS) is 18.7. The minimum Gasteiger partial charge on any atom is -0.370 e. The first-order valence-electron chi connectivity index (χ1n) is 13.8. The molecule has 202 valence electrons. The average Bonchev–Trinajstić information content (AvgIpc) is 3.70. The molecule has 1 saturated heterocycles. The maximum Gasteiger partial charge on any atom is 0.276 e. The molecule has 7 rings (SSSR count). The van der Waals surface area contributed by atoms with E-state index in [0.717, 1.165) is 57.8 Å². The van der Waals surface area contributed by atoms with Gasteiger partial charge in [-0.25, -0.2) is 14.6 Å². The largest absolute Gasteiger partial charge is 0.370 e. The molecule has 1 saturated carbocycles. The van der Waals surface area contributed by atoms with Gasteiger partial charge < -0.3 is 10.2 Å². The van der Waals surface area contributed by atoms with E-state index in [2.05, 4.69) is 26.3 Å². The van der Waals surface area contributed by atoms with Crippen LogP contribution in [0.3, 0.4) is 0 Å². The molecule has 1 aliphatic carbocycles. The van der Waals surface area contributed by atoms with E-state index in [1.54, 1.807) is 16.0 Å². The molecule has 4 heterocycles. The first kappa shape index (κ1) is 25.2. The van der Waals surface area contributed by atoms with E-state index < -0.39 is 0 Å². The highest BCUT2D eigenvalue weighted by molar-refractivity contribution is 7.16. The Balaban J connectivity index is 1.17. The highest BCUT2D eigenvalue weighted by Gasteiger charge is 2.35. The Morgan fingerprint density at radius 2 is 1.85 bits per heavy atom. The van der Waals surface area contributed by atoms with E-state index in [1.165, 1.54) is 25.7 Å². The zero-order chi connectivity index (χ0) is 27.2. The van der Waals surface area contributed by atoms with Crippen LogP contribution in [0, 0.1) is 18.8 Å². The summed E-state index contributed by atoms with van der Waals surface area (Å²) in [6.07, 6.45) is 5.31. The zero-order valence-corrected chi connectivity index (χ0v) is 23.8. The number of thiazole rings is 1. The molecule has 5 aromatic rings. The summed E-state index contributed by atoms with van der Waals surface area (Å²) >= 11 is 8.33. The molecule has 1 amide bonds. The van der Waals surface area contributed by atoms with Gasteiger partial charge in [-0.3, -0.25) is 4.79 Å². The summed E-state index contributed by atoms with van der Waals surface area (Å²) < 4.78 is 2.80. The zero-order valence-electron chi connectivity index (χ0n) is 22.2. The van der Waals surface area contributed by atoms with Crippen LogP contribution in [0.25, 0.3) is 27.3 Å². The summed E-state index contributed by atoms with van der Waals surface area (Å²) in [6.45, 7) is 4.07. The first-order chi connectivity index (χ1) is 19.5. The number of hydrogen-bond donors (Lipinski definition) is 1. The number of anilines is 2. The molecule has 0 spiro atoms. The minimum absolute atomic E-state index is 0.298. The summed E-state index contributed by atoms with van der Waals surface area (Å²) in [5.41, 5.74) is 7.35. The topological polar surface area (TPSA) is 75.9 Å². The SMILES string of the molecule is Cc1cccc(-n2nc(C(=O)Nc3ccc(N4CC5CCCCC5C4)c(Cl)c3)cc2-c2ccc3ncsc3c2)n1. The Labute approximate surface area is 241 Å². The third kappa shape index (κ3) is 4.75.